The van der Waals surface area contributed by atoms with Gasteiger partial charge in [-0.25, -0.2) is 0 Å². The highest BCUT2D eigenvalue weighted by atomic mass is 35.5. The monoisotopic (exact) mass is 456 g/mol. The molecule has 1 saturated carbocycles. The minimum Gasteiger partial charge on any atom is -0.484 e. The Labute approximate surface area is 196 Å². The van der Waals surface area contributed by atoms with Gasteiger partial charge in [0, 0.05) is 17.6 Å². The van der Waals surface area contributed by atoms with Crippen molar-refractivity contribution in [1.29, 1.82) is 0 Å². The summed E-state index contributed by atoms with van der Waals surface area (Å²) in [5, 5.41) is 3.74. The van der Waals surface area contributed by atoms with Crippen LogP contribution in [0.15, 0.2) is 48.5 Å². The lowest BCUT2D eigenvalue weighted by molar-refractivity contribution is -0.143. The van der Waals surface area contributed by atoms with Crippen LogP contribution in [-0.2, 0) is 16.1 Å². The van der Waals surface area contributed by atoms with Crippen LogP contribution in [0.4, 0.5) is 0 Å². The number of benzene rings is 2. The number of amides is 2. The van der Waals surface area contributed by atoms with Gasteiger partial charge in [0.2, 0.25) is 5.91 Å². The fraction of sp³-hybridized carbons (Fsp3) is 0.462. The molecule has 0 aromatic heterocycles. The van der Waals surface area contributed by atoms with E-state index < -0.39 is 6.04 Å². The fourth-order valence-electron chi connectivity index (χ4n) is 4.22. The molecule has 1 aliphatic rings. The molecule has 1 N–H and O–H groups in total. The van der Waals surface area contributed by atoms with E-state index in [-0.39, 0.29) is 24.5 Å². The van der Waals surface area contributed by atoms with Gasteiger partial charge < -0.3 is 15.0 Å². The number of nitrogens with zero attached hydrogens (tertiary/aromatic N) is 1. The van der Waals surface area contributed by atoms with Gasteiger partial charge in [0.1, 0.15) is 11.8 Å². The molecular formula is C26H33ClN2O3. The Morgan fingerprint density at radius 3 is 2.56 bits per heavy atom. The third-order valence-electron chi connectivity index (χ3n) is 6.10. The molecule has 2 amide bonds. The van der Waals surface area contributed by atoms with Crippen LogP contribution in [0, 0.1) is 6.92 Å². The van der Waals surface area contributed by atoms with Crippen molar-refractivity contribution in [3.8, 4) is 5.75 Å². The highest BCUT2D eigenvalue weighted by Crippen LogP contribution is 2.21. The maximum atomic E-state index is 13.3. The van der Waals surface area contributed by atoms with Crippen molar-refractivity contribution in [3.05, 3.63) is 64.7 Å². The number of nitrogens with one attached hydrogen (secondary N) is 1. The second-order valence-electron chi connectivity index (χ2n) is 8.46. The second kappa shape index (κ2) is 11.9. The van der Waals surface area contributed by atoms with Crippen molar-refractivity contribution >= 4 is 23.4 Å². The van der Waals surface area contributed by atoms with Gasteiger partial charge in [-0.2, -0.15) is 0 Å². The number of hydrogen-bond acceptors (Lipinski definition) is 3. The van der Waals surface area contributed by atoms with E-state index in [2.05, 4.69) is 5.32 Å². The van der Waals surface area contributed by atoms with Crippen LogP contribution in [0.2, 0.25) is 5.02 Å². The molecule has 0 spiro atoms. The zero-order valence-electron chi connectivity index (χ0n) is 19.0. The second-order valence-corrected chi connectivity index (χ2v) is 8.90. The smallest absolute Gasteiger partial charge is 0.261 e. The molecule has 0 aliphatic heterocycles. The summed E-state index contributed by atoms with van der Waals surface area (Å²) in [5.74, 6) is 0.226. The molecule has 0 unspecified atom stereocenters. The normalized spacial score (nSPS) is 15.1. The third kappa shape index (κ3) is 6.73. The lowest BCUT2D eigenvalue weighted by Crippen LogP contribution is -2.52. The molecular weight excluding hydrogens is 424 g/mol. The van der Waals surface area contributed by atoms with Crippen LogP contribution in [0.25, 0.3) is 0 Å². The maximum absolute atomic E-state index is 13.3. The van der Waals surface area contributed by atoms with Crippen molar-refractivity contribution in [2.24, 2.45) is 0 Å². The lowest BCUT2D eigenvalue weighted by Gasteiger charge is -2.33. The Kier molecular flexibility index (Phi) is 8.98. The SMILES string of the molecule is CC[C@H](C(=O)NC1CCCCC1)N(Cc1ccccc1C)C(=O)COc1cccc(Cl)c1. The van der Waals surface area contributed by atoms with Gasteiger partial charge in [-0.15, -0.1) is 0 Å². The molecule has 6 heteroatoms. The number of hydrogen-bond donors (Lipinski definition) is 1. The van der Waals surface area contributed by atoms with Crippen LogP contribution in [0.1, 0.15) is 56.6 Å². The van der Waals surface area contributed by atoms with Gasteiger partial charge in [-0.3, -0.25) is 9.59 Å². The van der Waals surface area contributed by atoms with E-state index >= 15 is 0 Å². The summed E-state index contributed by atoms with van der Waals surface area (Å²) in [6.45, 7) is 4.17. The van der Waals surface area contributed by atoms with Crippen LogP contribution < -0.4 is 10.1 Å². The van der Waals surface area contributed by atoms with E-state index in [1.54, 1.807) is 29.2 Å². The number of aryl methyl sites for hydroxylation is 1. The van der Waals surface area contributed by atoms with Crippen LogP contribution in [-0.4, -0.2) is 35.4 Å². The van der Waals surface area contributed by atoms with Gasteiger partial charge in [-0.1, -0.05) is 68.1 Å². The molecule has 1 atom stereocenters. The summed E-state index contributed by atoms with van der Waals surface area (Å²) in [6, 6.07) is 14.6. The number of ether oxygens (including phenoxy) is 1. The Hall–Kier alpha value is -2.53. The topological polar surface area (TPSA) is 58.6 Å². The van der Waals surface area contributed by atoms with Crippen LogP contribution >= 0.6 is 11.6 Å². The van der Waals surface area contributed by atoms with Gasteiger partial charge in [0.15, 0.2) is 6.61 Å². The molecule has 5 nitrogen and oxygen atoms in total. The van der Waals surface area contributed by atoms with Crippen molar-refractivity contribution in [2.45, 2.75) is 71.0 Å². The van der Waals surface area contributed by atoms with Gasteiger partial charge in [0.25, 0.3) is 5.91 Å². The van der Waals surface area contributed by atoms with Gasteiger partial charge in [0.05, 0.1) is 0 Å². The molecule has 32 heavy (non-hydrogen) atoms. The Morgan fingerprint density at radius 2 is 1.88 bits per heavy atom. The van der Waals surface area contributed by atoms with Gasteiger partial charge in [-0.05, 0) is 55.5 Å². The average Bonchev–Trinajstić information content (AvgIpc) is 2.79. The molecule has 1 aliphatic carbocycles. The largest absolute Gasteiger partial charge is 0.484 e. The van der Waals surface area contributed by atoms with Crippen LogP contribution in [0.5, 0.6) is 5.75 Å². The Bertz CT molecular complexity index is 911. The fourth-order valence-corrected chi connectivity index (χ4v) is 4.40. The van der Waals surface area contributed by atoms with Gasteiger partial charge >= 0.3 is 0 Å². The van der Waals surface area contributed by atoms with E-state index in [1.165, 1.54) is 6.42 Å². The van der Waals surface area contributed by atoms with Crippen LogP contribution in [0.3, 0.4) is 0 Å². The summed E-state index contributed by atoms with van der Waals surface area (Å²) >= 11 is 6.03. The maximum Gasteiger partial charge on any atom is 0.261 e. The first kappa shape index (κ1) is 24.1. The van der Waals surface area contributed by atoms with E-state index in [4.69, 9.17) is 16.3 Å². The number of halogens is 1. The lowest BCUT2D eigenvalue weighted by atomic mass is 9.95. The molecule has 172 valence electrons. The molecule has 2 aromatic rings. The Morgan fingerprint density at radius 1 is 1.12 bits per heavy atom. The van der Waals surface area contributed by atoms with Crippen molar-refractivity contribution in [3.63, 3.8) is 0 Å². The molecule has 0 heterocycles. The molecule has 3 rings (SSSR count). The molecule has 0 radical (unpaired) electrons. The summed E-state index contributed by atoms with van der Waals surface area (Å²) in [6.07, 6.45) is 6.05. The highest BCUT2D eigenvalue weighted by Gasteiger charge is 2.30. The first-order valence-electron chi connectivity index (χ1n) is 11.5. The molecule has 1 fully saturated rings. The summed E-state index contributed by atoms with van der Waals surface area (Å²) in [4.78, 5) is 28.2. The minimum absolute atomic E-state index is 0.0795. The predicted molar refractivity (Wildman–Crippen MR) is 128 cm³/mol. The number of rotatable bonds is 9. The molecule has 0 bridgehead atoms. The van der Waals surface area contributed by atoms with E-state index in [1.807, 2.05) is 38.1 Å². The van der Waals surface area contributed by atoms with Crippen molar-refractivity contribution in [1.82, 2.24) is 10.2 Å². The zero-order chi connectivity index (χ0) is 22.9. The average molecular weight is 457 g/mol. The standard InChI is InChI=1S/C26H33ClN2O3/c1-3-24(26(31)28-22-13-5-4-6-14-22)29(17-20-11-8-7-10-19(20)2)25(30)18-32-23-15-9-12-21(27)16-23/h7-12,15-16,22,24H,3-6,13-14,17-18H2,1-2H3,(H,28,31)/t24-/m1/s1. The zero-order valence-corrected chi connectivity index (χ0v) is 19.7. The molecule has 2 aromatic carbocycles. The third-order valence-corrected chi connectivity index (χ3v) is 6.33. The highest BCUT2D eigenvalue weighted by molar-refractivity contribution is 6.30. The van der Waals surface area contributed by atoms with Crippen molar-refractivity contribution in [2.75, 3.05) is 6.61 Å². The first-order chi connectivity index (χ1) is 15.5. The van der Waals surface area contributed by atoms with E-state index in [0.29, 0.717) is 23.7 Å². The summed E-state index contributed by atoms with van der Waals surface area (Å²) < 4.78 is 5.71. The number of carbonyl (C=O) groups is 2. The van der Waals surface area contributed by atoms with E-state index in [9.17, 15) is 9.59 Å². The van der Waals surface area contributed by atoms with Crippen molar-refractivity contribution < 1.29 is 14.3 Å². The first-order valence-corrected chi connectivity index (χ1v) is 11.9. The van der Waals surface area contributed by atoms with E-state index in [0.717, 1.165) is 36.8 Å². The summed E-state index contributed by atoms with van der Waals surface area (Å²) in [5.41, 5.74) is 2.11. The minimum atomic E-state index is -0.549. The summed E-state index contributed by atoms with van der Waals surface area (Å²) in [7, 11) is 0. The predicted octanol–water partition coefficient (Wildman–Crippen LogP) is 5.28. The molecule has 0 saturated heterocycles. The number of carbonyl (C=O) groups excluding carboxylic acids is 2. The Balaban J connectivity index is 1.76. The quantitative estimate of drug-likeness (QED) is 0.558.